The van der Waals surface area contributed by atoms with Crippen LogP contribution in [0.1, 0.15) is 41.6 Å². The van der Waals surface area contributed by atoms with Crippen molar-refractivity contribution in [2.45, 2.75) is 44.6 Å². The molecule has 1 N–H and O–H groups in total. The molecule has 1 aromatic carbocycles. The van der Waals surface area contributed by atoms with Gasteiger partial charge in [0.05, 0.1) is 31.0 Å². The molecule has 2 aliphatic rings. The second-order valence-electron chi connectivity index (χ2n) is 9.95. The van der Waals surface area contributed by atoms with Gasteiger partial charge in [0.15, 0.2) is 17.3 Å². The third kappa shape index (κ3) is 4.82. The van der Waals surface area contributed by atoms with Gasteiger partial charge in [-0.1, -0.05) is 6.07 Å². The Bertz CT molecular complexity index is 1660. The molecule has 6 heterocycles. The Balaban J connectivity index is 1.38. The van der Waals surface area contributed by atoms with Crippen molar-refractivity contribution in [2.75, 3.05) is 13.4 Å². The molecule has 5 aromatic rings. The maximum absolute atomic E-state index is 13.8. The average molecular weight is 542 g/mol. The molecule has 0 saturated carbocycles. The molecular weight excluding hydrogens is 514 g/mol. The smallest absolute Gasteiger partial charge is 0.253 e. The van der Waals surface area contributed by atoms with Crippen molar-refractivity contribution in [3.8, 4) is 11.5 Å². The number of nitrogens with zero attached hydrogens (tertiary/aromatic N) is 6. The highest BCUT2D eigenvalue weighted by Crippen LogP contribution is 2.37. The fourth-order valence-electron chi connectivity index (χ4n) is 5.40. The lowest BCUT2D eigenvalue weighted by Crippen LogP contribution is -2.35. The summed E-state index contributed by atoms with van der Waals surface area (Å²) in [4.78, 5) is 23.3. The Morgan fingerprint density at radius 2 is 2.05 bits per heavy atom. The fourth-order valence-corrected chi connectivity index (χ4v) is 5.40. The maximum Gasteiger partial charge on any atom is 0.253 e. The second-order valence-corrected chi connectivity index (χ2v) is 9.95. The normalized spacial score (nSPS) is 17.2. The zero-order valence-electron chi connectivity index (χ0n) is 21.6. The molecule has 0 spiro atoms. The highest BCUT2D eigenvalue weighted by atomic mass is 16.7. The number of fused-ring (bicyclic) bond motifs is 2. The van der Waals surface area contributed by atoms with Crippen molar-refractivity contribution in [2.24, 2.45) is 0 Å². The molecule has 1 fully saturated rings. The Hall–Kier alpha value is -4.55. The molecule has 0 aliphatic carbocycles. The van der Waals surface area contributed by atoms with E-state index < -0.39 is 6.04 Å². The highest BCUT2D eigenvalue weighted by Gasteiger charge is 2.33. The van der Waals surface area contributed by atoms with E-state index in [2.05, 4.69) is 30.4 Å². The number of furan rings is 1. The first-order valence-electron chi connectivity index (χ1n) is 13.2. The second kappa shape index (κ2) is 10.5. The van der Waals surface area contributed by atoms with Crippen molar-refractivity contribution in [3.05, 3.63) is 94.2 Å². The maximum atomic E-state index is 13.8. The summed E-state index contributed by atoms with van der Waals surface area (Å²) < 4.78 is 24.5. The van der Waals surface area contributed by atoms with Gasteiger partial charge in [-0.05, 0) is 59.2 Å². The fraction of sp³-hybridized carbons (Fsp3) is 0.321. The first-order valence-corrected chi connectivity index (χ1v) is 13.2. The summed E-state index contributed by atoms with van der Waals surface area (Å²) in [5, 5.41) is 13.6. The van der Waals surface area contributed by atoms with Crippen LogP contribution in [0.15, 0.2) is 70.3 Å². The molecule has 204 valence electrons. The summed E-state index contributed by atoms with van der Waals surface area (Å²) in [5.41, 5.74) is 1.86. The van der Waals surface area contributed by atoms with Crippen LogP contribution in [0, 0.1) is 0 Å². The number of nitrogens with one attached hydrogen (secondary N) is 1. The molecule has 0 unspecified atom stereocenters. The predicted molar refractivity (Wildman–Crippen MR) is 142 cm³/mol. The first kappa shape index (κ1) is 24.5. The summed E-state index contributed by atoms with van der Waals surface area (Å²) >= 11 is 0. The Kier molecular flexibility index (Phi) is 6.46. The number of benzene rings is 1. The minimum Gasteiger partial charge on any atom is -0.468 e. The van der Waals surface area contributed by atoms with Crippen LogP contribution in [0.4, 0.5) is 0 Å². The summed E-state index contributed by atoms with van der Waals surface area (Å²) in [6.07, 6.45) is 7.12. The number of aromatic amines is 1. The molecule has 40 heavy (non-hydrogen) atoms. The number of hydrogen-bond donors (Lipinski definition) is 1. The lowest BCUT2D eigenvalue weighted by atomic mass is 10.0. The topological polar surface area (TPSA) is 133 Å². The summed E-state index contributed by atoms with van der Waals surface area (Å²) in [6, 6.07) is 12.6. The van der Waals surface area contributed by atoms with Crippen molar-refractivity contribution < 1.29 is 18.6 Å². The predicted octanol–water partition coefficient (Wildman–Crippen LogP) is 3.20. The minimum absolute atomic E-state index is 0.00868. The standard InChI is InChI=1S/C28H27N7O5/c36-28-22(10-19-11-24-25(40-17-39-24)12-23(19)30-28)26(27-31-32-33-35(27)16-21-6-3-9-38-21)34(15-20-5-2-8-37-20)14-18-4-1-7-29-13-18/h1-2,4-5,7-8,10-13,21,26H,3,6,9,14-17H2,(H,30,36)/t21-,26-/m0/s1. The number of hydrogen-bond acceptors (Lipinski definition) is 10. The molecule has 4 aromatic heterocycles. The molecule has 12 heteroatoms. The number of tetrazole rings is 1. The monoisotopic (exact) mass is 541 g/mol. The van der Waals surface area contributed by atoms with E-state index in [1.807, 2.05) is 42.6 Å². The Labute approximate surface area is 228 Å². The summed E-state index contributed by atoms with van der Waals surface area (Å²) in [5.74, 6) is 2.52. The van der Waals surface area contributed by atoms with Crippen molar-refractivity contribution in [1.82, 2.24) is 35.1 Å². The van der Waals surface area contributed by atoms with Crippen LogP contribution in [0.5, 0.6) is 11.5 Å². The van der Waals surface area contributed by atoms with Crippen LogP contribution in [0.25, 0.3) is 10.9 Å². The summed E-state index contributed by atoms with van der Waals surface area (Å²) in [6.45, 7) is 2.22. The largest absolute Gasteiger partial charge is 0.468 e. The Morgan fingerprint density at radius 1 is 1.12 bits per heavy atom. The molecule has 2 atom stereocenters. The van der Waals surface area contributed by atoms with E-state index >= 15 is 0 Å². The van der Waals surface area contributed by atoms with Gasteiger partial charge in [-0.2, -0.15) is 0 Å². The van der Waals surface area contributed by atoms with Crippen LogP contribution < -0.4 is 15.0 Å². The Morgan fingerprint density at radius 3 is 2.85 bits per heavy atom. The molecule has 0 radical (unpaired) electrons. The van der Waals surface area contributed by atoms with Crippen molar-refractivity contribution in [1.29, 1.82) is 0 Å². The van der Waals surface area contributed by atoms with Gasteiger partial charge >= 0.3 is 0 Å². The third-order valence-corrected chi connectivity index (χ3v) is 7.28. The van der Waals surface area contributed by atoms with E-state index in [0.29, 0.717) is 48.0 Å². The van der Waals surface area contributed by atoms with Crippen LogP contribution in [0.2, 0.25) is 0 Å². The van der Waals surface area contributed by atoms with Crippen molar-refractivity contribution >= 4 is 10.9 Å². The number of aromatic nitrogens is 6. The van der Waals surface area contributed by atoms with Crippen LogP contribution >= 0.6 is 0 Å². The third-order valence-electron chi connectivity index (χ3n) is 7.28. The molecule has 0 amide bonds. The van der Waals surface area contributed by atoms with Gasteiger partial charge in [0.1, 0.15) is 11.8 Å². The van der Waals surface area contributed by atoms with Crippen LogP contribution in [0.3, 0.4) is 0 Å². The molecular formula is C28H27N7O5. The number of pyridine rings is 2. The van der Waals surface area contributed by atoms with E-state index in [1.54, 1.807) is 23.2 Å². The van der Waals surface area contributed by atoms with E-state index in [-0.39, 0.29) is 18.5 Å². The van der Waals surface area contributed by atoms with Gasteiger partial charge in [0, 0.05) is 42.6 Å². The van der Waals surface area contributed by atoms with Gasteiger partial charge in [0.25, 0.3) is 5.56 Å². The summed E-state index contributed by atoms with van der Waals surface area (Å²) in [7, 11) is 0. The molecule has 1 saturated heterocycles. The SMILES string of the molecule is O=c1[nH]c2cc3c(cc2cc1[C@@H](c1nnnn1C[C@@H]1CCCO1)N(Cc1cccnc1)Cc1ccco1)OCO3. The molecule has 0 bridgehead atoms. The van der Waals surface area contributed by atoms with E-state index in [0.717, 1.165) is 36.2 Å². The molecule has 2 aliphatic heterocycles. The van der Waals surface area contributed by atoms with Crippen molar-refractivity contribution in [3.63, 3.8) is 0 Å². The molecule has 12 nitrogen and oxygen atoms in total. The van der Waals surface area contributed by atoms with Gasteiger partial charge in [-0.3, -0.25) is 14.7 Å². The highest BCUT2D eigenvalue weighted by molar-refractivity contribution is 5.83. The average Bonchev–Trinajstić information content (AvgIpc) is 3.78. The lowest BCUT2D eigenvalue weighted by Gasteiger charge is -2.30. The van der Waals surface area contributed by atoms with E-state index in [9.17, 15) is 4.79 Å². The van der Waals surface area contributed by atoms with Crippen LogP contribution in [-0.4, -0.2) is 54.6 Å². The first-order chi connectivity index (χ1) is 19.7. The van der Waals surface area contributed by atoms with E-state index in [1.165, 1.54) is 0 Å². The quantitative estimate of drug-likeness (QED) is 0.297. The van der Waals surface area contributed by atoms with Crippen LogP contribution in [-0.2, 0) is 24.4 Å². The van der Waals surface area contributed by atoms with Gasteiger partial charge < -0.3 is 23.6 Å². The van der Waals surface area contributed by atoms with Gasteiger partial charge in [0.2, 0.25) is 6.79 Å². The minimum atomic E-state index is -0.625. The lowest BCUT2D eigenvalue weighted by molar-refractivity contribution is 0.0901. The van der Waals surface area contributed by atoms with Gasteiger partial charge in [-0.15, -0.1) is 5.10 Å². The van der Waals surface area contributed by atoms with Gasteiger partial charge in [-0.25, -0.2) is 4.68 Å². The zero-order valence-corrected chi connectivity index (χ0v) is 21.6. The number of rotatable bonds is 9. The number of H-pyrrole nitrogens is 1. The zero-order chi connectivity index (χ0) is 26.9. The van der Waals surface area contributed by atoms with E-state index in [4.69, 9.17) is 18.6 Å². The molecule has 7 rings (SSSR count). The number of ether oxygens (including phenoxy) is 3.